The molecule has 1 atom stereocenters. The number of benzene rings is 2. The van der Waals surface area contributed by atoms with Gasteiger partial charge < -0.3 is 9.88 Å². The van der Waals surface area contributed by atoms with Crippen LogP contribution in [0, 0.1) is 5.82 Å². The maximum atomic E-state index is 13.4. The smallest absolute Gasteiger partial charge is 0.270 e. The number of aromatic nitrogens is 1. The Bertz CT molecular complexity index is 1030. The molecule has 0 radical (unpaired) electrons. The minimum absolute atomic E-state index is 0.0127. The fraction of sp³-hybridized carbons (Fsp3) is 0.348. The van der Waals surface area contributed by atoms with Crippen molar-refractivity contribution < 1.29 is 9.18 Å². The van der Waals surface area contributed by atoms with Gasteiger partial charge in [0.1, 0.15) is 11.5 Å². The number of likely N-dealkylation sites (tertiary alicyclic amines) is 1. The van der Waals surface area contributed by atoms with Crippen molar-refractivity contribution in [3.63, 3.8) is 0 Å². The number of hydrogen-bond donors (Lipinski definition) is 1. The van der Waals surface area contributed by atoms with Gasteiger partial charge in [-0.15, -0.1) is 0 Å². The number of halogens is 1. The fourth-order valence-corrected chi connectivity index (χ4v) is 4.66. The number of nitrogens with one attached hydrogen (secondary N) is 1. The number of aromatic amines is 1. The van der Waals surface area contributed by atoms with Gasteiger partial charge in [-0.1, -0.05) is 24.3 Å². The number of carbonyl (C=O) groups is 1. The molecule has 2 aromatic carbocycles. The van der Waals surface area contributed by atoms with Crippen LogP contribution in [0.2, 0.25) is 0 Å². The zero-order valence-electron chi connectivity index (χ0n) is 15.8. The number of H-pyrrole nitrogens is 1. The molecule has 3 aromatic rings. The van der Waals surface area contributed by atoms with Crippen LogP contribution in [0.5, 0.6) is 0 Å². The number of nitrogens with zero attached hydrogens (tertiary/aromatic N) is 2. The van der Waals surface area contributed by atoms with E-state index in [1.807, 2.05) is 4.90 Å². The molecule has 1 unspecified atom stereocenters. The third-order valence-corrected chi connectivity index (χ3v) is 6.17. The van der Waals surface area contributed by atoms with Gasteiger partial charge in [0.25, 0.3) is 5.91 Å². The van der Waals surface area contributed by atoms with E-state index in [0.29, 0.717) is 11.7 Å². The van der Waals surface area contributed by atoms with Gasteiger partial charge in [0.05, 0.1) is 0 Å². The summed E-state index contributed by atoms with van der Waals surface area (Å²) in [6.07, 6.45) is 3.22. The average molecular weight is 377 g/mol. The quantitative estimate of drug-likeness (QED) is 0.734. The van der Waals surface area contributed by atoms with Crippen LogP contribution in [0.25, 0.3) is 10.9 Å². The Morgan fingerprint density at radius 3 is 2.82 bits per heavy atom. The SMILES string of the molecule is O=C(c1cc2cc(F)ccc2[nH]1)N1CCCC(N2CCc3ccccc3C2)C1. The first kappa shape index (κ1) is 17.4. The highest BCUT2D eigenvalue weighted by atomic mass is 19.1. The molecule has 5 rings (SSSR count). The second-order valence-electron chi connectivity index (χ2n) is 7.95. The molecule has 4 nitrogen and oxygen atoms in total. The van der Waals surface area contributed by atoms with Gasteiger partial charge in [-0.05, 0) is 54.7 Å². The summed E-state index contributed by atoms with van der Waals surface area (Å²) in [4.78, 5) is 20.7. The van der Waals surface area contributed by atoms with E-state index in [1.54, 1.807) is 12.1 Å². The molecule has 2 aliphatic heterocycles. The highest BCUT2D eigenvalue weighted by molar-refractivity contribution is 5.98. The van der Waals surface area contributed by atoms with E-state index >= 15 is 0 Å². The summed E-state index contributed by atoms with van der Waals surface area (Å²) in [6.45, 7) is 3.55. The molecule has 1 fully saturated rings. The molecule has 1 aromatic heterocycles. The van der Waals surface area contributed by atoms with Crippen molar-refractivity contribution in [3.05, 3.63) is 71.2 Å². The third kappa shape index (κ3) is 3.20. The summed E-state index contributed by atoms with van der Waals surface area (Å²) in [6, 6.07) is 15.4. The Hall–Kier alpha value is -2.66. The molecule has 28 heavy (non-hydrogen) atoms. The van der Waals surface area contributed by atoms with Gasteiger partial charge in [0, 0.05) is 43.1 Å². The zero-order chi connectivity index (χ0) is 19.1. The summed E-state index contributed by atoms with van der Waals surface area (Å²) in [5, 5.41) is 0.740. The van der Waals surface area contributed by atoms with Gasteiger partial charge in [0.15, 0.2) is 0 Å². The van der Waals surface area contributed by atoms with Crippen LogP contribution in [0.1, 0.15) is 34.5 Å². The highest BCUT2D eigenvalue weighted by Gasteiger charge is 2.30. The van der Waals surface area contributed by atoms with Crippen molar-refractivity contribution in [1.82, 2.24) is 14.8 Å². The number of rotatable bonds is 2. The standard InChI is InChI=1S/C23H24FN3O/c24-19-7-8-21-18(12-19)13-22(25-21)23(28)27-10-3-6-20(15-27)26-11-9-16-4-1-2-5-17(16)14-26/h1-2,4-5,7-8,12-13,20,25H,3,6,9-11,14-15H2. The Balaban J connectivity index is 1.32. The lowest BCUT2D eigenvalue weighted by Crippen LogP contribution is -2.51. The number of hydrogen-bond acceptors (Lipinski definition) is 2. The maximum Gasteiger partial charge on any atom is 0.270 e. The van der Waals surface area contributed by atoms with E-state index in [4.69, 9.17) is 0 Å². The van der Waals surface area contributed by atoms with Crippen molar-refractivity contribution in [2.45, 2.75) is 31.8 Å². The highest BCUT2D eigenvalue weighted by Crippen LogP contribution is 2.25. The van der Waals surface area contributed by atoms with Crippen LogP contribution in [0.4, 0.5) is 4.39 Å². The largest absolute Gasteiger partial charge is 0.351 e. The fourth-order valence-electron chi connectivity index (χ4n) is 4.66. The maximum absolute atomic E-state index is 13.4. The normalized spacial score (nSPS) is 20.3. The molecule has 5 heteroatoms. The monoisotopic (exact) mass is 377 g/mol. The van der Waals surface area contributed by atoms with Gasteiger partial charge >= 0.3 is 0 Å². The van der Waals surface area contributed by atoms with Gasteiger partial charge in [-0.2, -0.15) is 0 Å². The van der Waals surface area contributed by atoms with Crippen LogP contribution < -0.4 is 0 Å². The Morgan fingerprint density at radius 1 is 1.07 bits per heavy atom. The van der Waals surface area contributed by atoms with Gasteiger partial charge in [0.2, 0.25) is 0 Å². The minimum Gasteiger partial charge on any atom is -0.351 e. The molecular formula is C23H24FN3O. The van der Waals surface area contributed by atoms with Crippen LogP contribution in [0.3, 0.4) is 0 Å². The molecule has 2 aliphatic rings. The number of carbonyl (C=O) groups excluding carboxylic acids is 1. The number of piperidine rings is 1. The first-order chi connectivity index (χ1) is 13.7. The first-order valence-corrected chi connectivity index (χ1v) is 10.1. The predicted molar refractivity (Wildman–Crippen MR) is 108 cm³/mol. The van der Waals surface area contributed by atoms with E-state index in [-0.39, 0.29) is 11.7 Å². The molecule has 3 heterocycles. The van der Waals surface area contributed by atoms with Crippen molar-refractivity contribution in [3.8, 4) is 0 Å². The van der Waals surface area contributed by atoms with Crippen molar-refractivity contribution >= 4 is 16.8 Å². The Morgan fingerprint density at radius 2 is 1.93 bits per heavy atom. The van der Waals surface area contributed by atoms with Crippen molar-refractivity contribution in [2.24, 2.45) is 0 Å². The number of amides is 1. The molecule has 144 valence electrons. The summed E-state index contributed by atoms with van der Waals surface area (Å²) in [5.74, 6) is -0.271. The number of fused-ring (bicyclic) bond motifs is 2. The molecule has 1 saturated heterocycles. The second-order valence-corrected chi connectivity index (χ2v) is 7.95. The summed E-state index contributed by atoms with van der Waals surface area (Å²) < 4.78 is 13.4. The summed E-state index contributed by atoms with van der Waals surface area (Å²) >= 11 is 0. The Labute approximate surface area is 163 Å². The molecule has 0 aliphatic carbocycles. The summed E-state index contributed by atoms with van der Waals surface area (Å²) in [5.41, 5.74) is 4.21. The van der Waals surface area contributed by atoms with Crippen LogP contribution in [0.15, 0.2) is 48.5 Å². The third-order valence-electron chi connectivity index (χ3n) is 6.17. The van der Waals surface area contributed by atoms with Crippen molar-refractivity contribution in [2.75, 3.05) is 19.6 Å². The average Bonchev–Trinajstić information content (AvgIpc) is 3.16. The Kier molecular flexibility index (Phi) is 4.40. The molecule has 1 amide bonds. The lowest BCUT2D eigenvalue weighted by Gasteiger charge is -2.41. The molecule has 0 spiro atoms. The van der Waals surface area contributed by atoms with E-state index in [2.05, 4.69) is 34.1 Å². The molecule has 0 saturated carbocycles. The van der Waals surface area contributed by atoms with Crippen LogP contribution >= 0.6 is 0 Å². The molecule has 0 bridgehead atoms. The first-order valence-electron chi connectivity index (χ1n) is 10.1. The van der Waals surface area contributed by atoms with E-state index in [9.17, 15) is 9.18 Å². The molecular weight excluding hydrogens is 353 g/mol. The predicted octanol–water partition coefficient (Wildman–Crippen LogP) is 3.97. The van der Waals surface area contributed by atoms with Crippen LogP contribution in [-0.2, 0) is 13.0 Å². The minimum atomic E-state index is -0.283. The van der Waals surface area contributed by atoms with Crippen molar-refractivity contribution in [1.29, 1.82) is 0 Å². The topological polar surface area (TPSA) is 39.3 Å². The van der Waals surface area contributed by atoms with E-state index in [0.717, 1.165) is 56.3 Å². The van der Waals surface area contributed by atoms with E-state index < -0.39 is 0 Å². The van der Waals surface area contributed by atoms with Gasteiger partial charge in [-0.3, -0.25) is 9.69 Å². The lowest BCUT2D eigenvalue weighted by atomic mass is 9.96. The van der Waals surface area contributed by atoms with Gasteiger partial charge in [-0.25, -0.2) is 4.39 Å². The zero-order valence-corrected chi connectivity index (χ0v) is 15.8. The summed E-state index contributed by atoms with van der Waals surface area (Å²) in [7, 11) is 0. The lowest BCUT2D eigenvalue weighted by molar-refractivity contribution is 0.0545. The molecule has 1 N–H and O–H groups in total. The second kappa shape index (κ2) is 7.06. The van der Waals surface area contributed by atoms with E-state index in [1.165, 1.54) is 23.3 Å². The van der Waals surface area contributed by atoms with Crippen LogP contribution in [-0.4, -0.2) is 46.4 Å².